The summed E-state index contributed by atoms with van der Waals surface area (Å²) >= 11 is 0. The summed E-state index contributed by atoms with van der Waals surface area (Å²) in [5.41, 5.74) is 0. The van der Waals surface area contributed by atoms with E-state index in [1.807, 2.05) is 25.7 Å². The van der Waals surface area contributed by atoms with Crippen molar-refractivity contribution < 1.29 is 18.9 Å². The van der Waals surface area contributed by atoms with Crippen LogP contribution in [-0.2, 0) is 0 Å². The van der Waals surface area contributed by atoms with Gasteiger partial charge in [0.15, 0.2) is 0 Å². The third-order valence-electron chi connectivity index (χ3n) is 1.11. The van der Waals surface area contributed by atoms with E-state index in [4.69, 9.17) is 5.41 Å². The zero-order valence-corrected chi connectivity index (χ0v) is 6.73. The molecule has 0 fully saturated rings. The number of rotatable bonds is 3. The maximum Gasteiger partial charge on any atom is 1.00 e. The standard InChI is InChI=1S/C6H13N2.Li/c1-4-8(5-7)6(2)3;/h6-7H,4H2,1-3H3;/q-1;+1. The van der Waals surface area contributed by atoms with E-state index in [2.05, 4.69) is 6.34 Å². The van der Waals surface area contributed by atoms with Crippen molar-refractivity contribution in [3.8, 4) is 0 Å². The molecule has 0 atom stereocenters. The van der Waals surface area contributed by atoms with E-state index >= 15 is 0 Å². The first-order valence-corrected chi connectivity index (χ1v) is 2.91. The Hall–Kier alpha value is 0.0674. The number of nitrogens with one attached hydrogen (secondary N) is 1. The maximum absolute atomic E-state index is 6.77. The summed E-state index contributed by atoms with van der Waals surface area (Å²) < 4.78 is 0. The Morgan fingerprint density at radius 3 is 2.00 bits per heavy atom. The van der Waals surface area contributed by atoms with Gasteiger partial charge >= 0.3 is 18.9 Å². The normalized spacial score (nSPS) is 8.44. The molecule has 3 heteroatoms. The van der Waals surface area contributed by atoms with Crippen molar-refractivity contribution in [3.05, 3.63) is 0 Å². The first kappa shape index (κ1) is 11.8. The van der Waals surface area contributed by atoms with Crippen molar-refractivity contribution in [2.45, 2.75) is 26.8 Å². The molecule has 0 aliphatic carbocycles. The largest absolute Gasteiger partial charge is 1.00 e. The van der Waals surface area contributed by atoms with Crippen LogP contribution in [0.25, 0.3) is 0 Å². The van der Waals surface area contributed by atoms with Gasteiger partial charge in [-0.3, -0.25) is 0 Å². The monoisotopic (exact) mass is 120 g/mol. The van der Waals surface area contributed by atoms with Gasteiger partial charge in [-0.2, -0.15) is 0 Å². The van der Waals surface area contributed by atoms with Gasteiger partial charge in [0.05, 0.1) is 0 Å². The fourth-order valence-electron chi connectivity index (χ4n) is 0.573. The first-order valence-electron chi connectivity index (χ1n) is 2.91. The van der Waals surface area contributed by atoms with Crippen LogP contribution >= 0.6 is 0 Å². The van der Waals surface area contributed by atoms with Crippen LogP contribution in [0.15, 0.2) is 0 Å². The number of hydrogen-bond acceptors (Lipinski definition) is 1. The molecule has 0 aliphatic rings. The summed E-state index contributed by atoms with van der Waals surface area (Å²) in [6.45, 7) is 6.98. The molecule has 0 bridgehead atoms. The molecular weight excluding hydrogens is 107 g/mol. The van der Waals surface area contributed by atoms with Crippen molar-refractivity contribution in [2.24, 2.45) is 0 Å². The Morgan fingerprint density at radius 1 is 1.56 bits per heavy atom. The molecule has 48 valence electrons. The molecule has 0 amide bonds. The summed E-state index contributed by atoms with van der Waals surface area (Å²) in [5, 5.41) is 6.77. The fraction of sp³-hybridized carbons (Fsp3) is 0.833. The molecule has 0 saturated heterocycles. The molecule has 0 rings (SSSR count). The molecule has 0 spiro atoms. The van der Waals surface area contributed by atoms with Crippen LogP contribution in [0.3, 0.4) is 0 Å². The van der Waals surface area contributed by atoms with Gasteiger partial charge in [-0.1, -0.05) is 6.92 Å². The molecule has 9 heavy (non-hydrogen) atoms. The minimum atomic E-state index is 0. The Kier molecular flexibility index (Phi) is 8.13. The van der Waals surface area contributed by atoms with E-state index < -0.39 is 0 Å². The van der Waals surface area contributed by atoms with Crippen LogP contribution in [0.1, 0.15) is 20.8 Å². The summed E-state index contributed by atoms with van der Waals surface area (Å²) in [5.74, 6) is 0. The van der Waals surface area contributed by atoms with Gasteiger partial charge in [0.1, 0.15) is 0 Å². The van der Waals surface area contributed by atoms with Gasteiger partial charge in [-0.25, -0.2) is 0 Å². The predicted octanol–water partition coefficient (Wildman–Crippen LogP) is -1.80. The van der Waals surface area contributed by atoms with Crippen molar-refractivity contribution in [1.29, 1.82) is 5.41 Å². The average molecular weight is 120 g/mol. The molecule has 0 unspecified atom stereocenters. The van der Waals surface area contributed by atoms with Crippen LogP contribution in [-0.4, -0.2) is 23.8 Å². The van der Waals surface area contributed by atoms with Crippen molar-refractivity contribution in [2.75, 3.05) is 6.54 Å². The molecular formula is C6H13LiN2. The molecule has 1 N–H and O–H groups in total. The van der Waals surface area contributed by atoms with Gasteiger partial charge < -0.3 is 16.6 Å². The summed E-state index contributed by atoms with van der Waals surface area (Å²) in [7, 11) is 0. The first-order chi connectivity index (χ1) is 3.72. The van der Waals surface area contributed by atoms with Crippen LogP contribution in [0, 0.1) is 5.41 Å². The Morgan fingerprint density at radius 2 is 2.00 bits per heavy atom. The van der Waals surface area contributed by atoms with Crippen LogP contribution in [0.5, 0.6) is 0 Å². The smallest absolute Gasteiger partial charge is 0.536 e. The average Bonchev–Trinajstić information content (AvgIpc) is 1.69. The predicted molar refractivity (Wildman–Crippen MR) is 35.2 cm³/mol. The molecule has 0 heterocycles. The Labute approximate surface area is 69.3 Å². The third kappa shape index (κ3) is 4.56. The van der Waals surface area contributed by atoms with E-state index in [1.165, 1.54) is 0 Å². The zero-order chi connectivity index (χ0) is 6.57. The van der Waals surface area contributed by atoms with Crippen molar-refractivity contribution in [3.63, 3.8) is 0 Å². The van der Waals surface area contributed by atoms with E-state index in [9.17, 15) is 0 Å². The second-order valence-electron chi connectivity index (χ2n) is 1.99. The second-order valence-corrected chi connectivity index (χ2v) is 1.99. The third-order valence-corrected chi connectivity index (χ3v) is 1.11. The molecule has 0 saturated carbocycles. The number of hydrogen-bond donors (Lipinski definition) is 1. The molecule has 0 aliphatic heterocycles. The second kappa shape index (κ2) is 6.19. The zero-order valence-electron chi connectivity index (χ0n) is 6.73. The molecule has 0 aromatic heterocycles. The topological polar surface area (TPSA) is 27.1 Å². The van der Waals surface area contributed by atoms with Gasteiger partial charge in [0, 0.05) is 0 Å². The van der Waals surface area contributed by atoms with Crippen LogP contribution in [0.4, 0.5) is 0 Å². The van der Waals surface area contributed by atoms with E-state index in [0.29, 0.717) is 6.04 Å². The molecule has 0 radical (unpaired) electrons. The maximum atomic E-state index is 6.77. The molecule has 0 aromatic rings. The Balaban J connectivity index is 0. The minimum absolute atomic E-state index is 0. The van der Waals surface area contributed by atoms with Crippen LogP contribution in [0.2, 0.25) is 0 Å². The minimum Gasteiger partial charge on any atom is -0.536 e. The van der Waals surface area contributed by atoms with Crippen molar-refractivity contribution in [1.82, 2.24) is 4.90 Å². The van der Waals surface area contributed by atoms with E-state index in [0.717, 1.165) is 6.54 Å². The number of nitrogens with zero attached hydrogens (tertiary/aromatic N) is 1. The summed E-state index contributed by atoms with van der Waals surface area (Å²) in [6.07, 6.45) is 2.33. The van der Waals surface area contributed by atoms with Gasteiger partial charge in [-0.15, -0.1) is 0 Å². The Bertz CT molecular complexity index is 73.5. The van der Waals surface area contributed by atoms with Gasteiger partial charge in [0.2, 0.25) is 0 Å². The van der Waals surface area contributed by atoms with E-state index in [-0.39, 0.29) is 18.9 Å². The fourth-order valence-corrected chi connectivity index (χ4v) is 0.573. The van der Waals surface area contributed by atoms with Gasteiger partial charge in [-0.05, 0) is 26.4 Å². The molecule has 2 nitrogen and oxygen atoms in total. The SMILES string of the molecule is CCN([C-]=N)C(C)C.[Li+]. The molecule has 0 aromatic carbocycles. The van der Waals surface area contributed by atoms with E-state index in [1.54, 1.807) is 0 Å². The summed E-state index contributed by atoms with van der Waals surface area (Å²) in [4.78, 5) is 1.83. The van der Waals surface area contributed by atoms with Gasteiger partial charge in [0.25, 0.3) is 0 Å². The van der Waals surface area contributed by atoms with Crippen LogP contribution < -0.4 is 18.9 Å². The quantitative estimate of drug-likeness (QED) is 0.154. The van der Waals surface area contributed by atoms with Crippen molar-refractivity contribution >= 4 is 6.34 Å². The summed E-state index contributed by atoms with van der Waals surface area (Å²) in [6, 6.07) is 0.414.